The minimum absolute atomic E-state index is 0.356. The van der Waals surface area contributed by atoms with E-state index in [9.17, 15) is 0 Å². The molecular formula is C24H35ClN4O. The number of rotatable bonds is 14. The first-order valence-corrected chi connectivity index (χ1v) is 11.9. The van der Waals surface area contributed by atoms with Crippen molar-refractivity contribution in [3.63, 3.8) is 0 Å². The van der Waals surface area contributed by atoms with Gasteiger partial charge in [-0.05, 0) is 43.4 Å². The zero-order chi connectivity index (χ0) is 21.2. The molecule has 1 aromatic heterocycles. The van der Waals surface area contributed by atoms with Gasteiger partial charge >= 0.3 is 0 Å². The molecule has 1 heterocycles. The smallest absolute Gasteiger partial charge is 0.247 e. The van der Waals surface area contributed by atoms with E-state index in [-0.39, 0.29) is 0 Å². The summed E-state index contributed by atoms with van der Waals surface area (Å²) < 4.78 is 9.55. The van der Waals surface area contributed by atoms with E-state index in [2.05, 4.69) is 39.8 Å². The van der Waals surface area contributed by atoms with Crippen LogP contribution in [0.4, 0.5) is 0 Å². The molecule has 0 saturated heterocycles. The lowest BCUT2D eigenvalue weighted by Gasteiger charge is -2.07. The van der Waals surface area contributed by atoms with Gasteiger partial charge in [-0.3, -0.25) is 0 Å². The molecule has 0 aliphatic heterocycles. The highest BCUT2D eigenvalue weighted by Gasteiger charge is 2.53. The molecule has 164 valence electrons. The maximum absolute atomic E-state index is 5.94. The monoisotopic (exact) mass is 430 g/mol. The standard InChI is InChI=1S/C24H35ClN4O/c1-2-3-4-5-6-7-8-9-10-11-13-19-14-12-15-20(18-19)21-28-29-23(30-21)24(16-17-24)22(26)27-25/h12,14-15,18H,2-11,13,16-17H2,1H3,(H2,26,27). The van der Waals surface area contributed by atoms with Crippen LogP contribution in [0, 0.1) is 0 Å². The molecule has 0 atom stereocenters. The van der Waals surface area contributed by atoms with Gasteiger partial charge in [0.25, 0.3) is 0 Å². The Morgan fingerprint density at radius 1 is 1.03 bits per heavy atom. The van der Waals surface area contributed by atoms with Crippen molar-refractivity contribution in [2.24, 2.45) is 10.2 Å². The van der Waals surface area contributed by atoms with E-state index in [1.807, 2.05) is 6.07 Å². The minimum atomic E-state index is -0.458. The highest BCUT2D eigenvalue weighted by molar-refractivity contribution is 6.21. The summed E-state index contributed by atoms with van der Waals surface area (Å²) in [6, 6.07) is 8.41. The van der Waals surface area contributed by atoms with Crippen LogP contribution in [0.5, 0.6) is 0 Å². The third-order valence-electron chi connectivity index (χ3n) is 6.16. The second-order valence-corrected chi connectivity index (χ2v) is 8.77. The maximum Gasteiger partial charge on any atom is 0.247 e. The van der Waals surface area contributed by atoms with Crippen molar-refractivity contribution in [1.82, 2.24) is 10.2 Å². The summed E-state index contributed by atoms with van der Waals surface area (Å²) in [6.45, 7) is 2.27. The van der Waals surface area contributed by atoms with Crippen molar-refractivity contribution in [2.45, 2.75) is 95.8 Å². The van der Waals surface area contributed by atoms with Gasteiger partial charge in [0, 0.05) is 17.3 Å². The molecule has 1 saturated carbocycles. The average Bonchev–Trinajstić information content (AvgIpc) is 3.43. The van der Waals surface area contributed by atoms with Crippen molar-refractivity contribution in [3.05, 3.63) is 35.7 Å². The molecule has 0 radical (unpaired) electrons. The highest BCUT2D eigenvalue weighted by atomic mass is 35.5. The minimum Gasteiger partial charge on any atom is -0.420 e. The SMILES string of the molecule is CCCCCCCCCCCCc1cccc(-c2nnc(C3(C(N)=NCl)CC3)o2)c1. The first kappa shape index (κ1) is 22.8. The number of nitrogens with two attached hydrogens (primary N) is 1. The topological polar surface area (TPSA) is 77.3 Å². The van der Waals surface area contributed by atoms with Gasteiger partial charge in [-0.2, -0.15) is 4.51 Å². The van der Waals surface area contributed by atoms with Crippen LogP contribution < -0.4 is 5.73 Å². The Kier molecular flexibility index (Phi) is 8.74. The van der Waals surface area contributed by atoms with Crippen LogP contribution in [0.3, 0.4) is 0 Å². The number of benzene rings is 1. The molecule has 30 heavy (non-hydrogen) atoms. The van der Waals surface area contributed by atoms with Crippen LogP contribution in [-0.4, -0.2) is 16.0 Å². The average molecular weight is 431 g/mol. The van der Waals surface area contributed by atoms with Crippen molar-refractivity contribution in [1.29, 1.82) is 0 Å². The molecule has 2 N–H and O–H groups in total. The van der Waals surface area contributed by atoms with Gasteiger partial charge in [-0.25, -0.2) is 0 Å². The summed E-state index contributed by atoms with van der Waals surface area (Å²) in [6.07, 6.45) is 16.3. The van der Waals surface area contributed by atoms with Gasteiger partial charge in [0.15, 0.2) is 0 Å². The maximum atomic E-state index is 5.94. The second-order valence-electron chi connectivity index (χ2n) is 8.60. The largest absolute Gasteiger partial charge is 0.420 e. The summed E-state index contributed by atoms with van der Waals surface area (Å²) in [5.74, 6) is 1.40. The molecular weight excluding hydrogens is 396 g/mol. The van der Waals surface area contributed by atoms with Crippen LogP contribution in [0.25, 0.3) is 11.5 Å². The lowest BCUT2D eigenvalue weighted by Crippen LogP contribution is -2.28. The van der Waals surface area contributed by atoms with E-state index < -0.39 is 5.41 Å². The Hall–Kier alpha value is -1.88. The fourth-order valence-corrected chi connectivity index (χ4v) is 4.16. The van der Waals surface area contributed by atoms with Gasteiger partial charge in [0.1, 0.15) is 11.3 Å². The highest BCUT2D eigenvalue weighted by Crippen LogP contribution is 2.48. The first-order chi connectivity index (χ1) is 14.7. The second kappa shape index (κ2) is 11.5. The van der Waals surface area contributed by atoms with Crippen molar-refractivity contribution >= 4 is 17.6 Å². The lowest BCUT2D eigenvalue weighted by molar-refractivity contribution is 0.486. The van der Waals surface area contributed by atoms with Crippen LogP contribution in [0.1, 0.15) is 95.4 Å². The van der Waals surface area contributed by atoms with Gasteiger partial charge in [-0.15, -0.1) is 10.2 Å². The quantitative estimate of drug-likeness (QED) is 0.204. The van der Waals surface area contributed by atoms with E-state index in [4.69, 9.17) is 21.9 Å². The van der Waals surface area contributed by atoms with Crippen molar-refractivity contribution in [3.8, 4) is 11.5 Å². The Morgan fingerprint density at radius 2 is 1.70 bits per heavy atom. The normalized spacial score (nSPS) is 15.5. The summed E-state index contributed by atoms with van der Waals surface area (Å²) >= 11 is 5.56. The Morgan fingerprint density at radius 3 is 2.33 bits per heavy atom. The number of nitrogens with zero attached hydrogens (tertiary/aromatic N) is 3. The first-order valence-electron chi connectivity index (χ1n) is 11.6. The fourth-order valence-electron chi connectivity index (χ4n) is 4.00. The number of halogens is 1. The van der Waals surface area contributed by atoms with Crippen LogP contribution >= 0.6 is 11.8 Å². The molecule has 1 aromatic carbocycles. The van der Waals surface area contributed by atoms with Crippen LogP contribution in [0.2, 0.25) is 0 Å². The number of hydrogen-bond donors (Lipinski definition) is 1. The van der Waals surface area contributed by atoms with Crippen molar-refractivity contribution in [2.75, 3.05) is 0 Å². The third kappa shape index (κ3) is 6.07. The molecule has 1 fully saturated rings. The van der Waals surface area contributed by atoms with Gasteiger partial charge in [-0.1, -0.05) is 76.8 Å². The van der Waals surface area contributed by atoms with E-state index in [1.165, 1.54) is 69.8 Å². The summed E-state index contributed by atoms with van der Waals surface area (Å²) in [5.41, 5.74) is 7.74. The molecule has 6 heteroatoms. The molecule has 5 nitrogen and oxygen atoms in total. The lowest BCUT2D eigenvalue weighted by atomic mass is 10.0. The van der Waals surface area contributed by atoms with E-state index >= 15 is 0 Å². The molecule has 0 spiro atoms. The molecule has 0 bridgehead atoms. The molecule has 2 aromatic rings. The van der Waals surface area contributed by atoms with Crippen molar-refractivity contribution < 1.29 is 4.42 Å². The zero-order valence-electron chi connectivity index (χ0n) is 18.2. The van der Waals surface area contributed by atoms with Gasteiger partial charge < -0.3 is 10.2 Å². The summed E-state index contributed by atoms with van der Waals surface area (Å²) in [4.78, 5) is 0. The van der Waals surface area contributed by atoms with E-state index in [0.717, 1.165) is 24.8 Å². The predicted molar refractivity (Wildman–Crippen MR) is 124 cm³/mol. The summed E-state index contributed by atoms with van der Waals surface area (Å²) in [5, 5.41) is 8.45. The summed E-state index contributed by atoms with van der Waals surface area (Å²) in [7, 11) is 0. The number of aryl methyl sites for hydroxylation is 1. The number of hydrogen-bond acceptors (Lipinski definition) is 4. The predicted octanol–water partition coefficient (Wildman–Crippen LogP) is 6.74. The molecule has 1 aliphatic carbocycles. The Balaban J connectivity index is 1.42. The number of amidine groups is 1. The molecule has 3 rings (SSSR count). The number of aromatic nitrogens is 2. The fraction of sp³-hybridized carbons (Fsp3) is 0.625. The van der Waals surface area contributed by atoms with E-state index in [0.29, 0.717) is 17.6 Å². The van der Waals surface area contributed by atoms with E-state index in [1.54, 1.807) is 0 Å². The third-order valence-corrected chi connectivity index (χ3v) is 6.34. The molecule has 0 amide bonds. The van der Waals surface area contributed by atoms with Gasteiger partial charge in [0.2, 0.25) is 11.8 Å². The molecule has 0 unspecified atom stereocenters. The Bertz CT molecular complexity index is 813. The number of unbranched alkanes of at least 4 members (excludes halogenated alkanes) is 9. The molecule has 1 aliphatic rings. The van der Waals surface area contributed by atoms with Crippen LogP contribution in [-0.2, 0) is 11.8 Å². The Labute approximate surface area is 185 Å². The van der Waals surface area contributed by atoms with Crippen LogP contribution in [0.15, 0.2) is 33.2 Å². The zero-order valence-corrected chi connectivity index (χ0v) is 19.0. The van der Waals surface area contributed by atoms with Gasteiger partial charge in [0.05, 0.1) is 0 Å².